The van der Waals surface area contributed by atoms with E-state index in [1.807, 2.05) is 0 Å². The largest absolute Gasteiger partial charge is 0.474 e. The Balaban J connectivity index is 1.27. The van der Waals surface area contributed by atoms with Crippen LogP contribution in [0, 0.1) is 0 Å². The molecular weight excluding hydrogens is 466 g/mol. The van der Waals surface area contributed by atoms with Crippen molar-refractivity contribution in [2.75, 3.05) is 57.1 Å². The van der Waals surface area contributed by atoms with Crippen LogP contribution in [0.3, 0.4) is 0 Å². The SMILES string of the molecule is C[C@H]1C(=O)NCCN1C(=O)N(C)C1CC(Oc2cc(-c3cnc(N)nc3)nc(N3CCOCC3)n2)C1. The maximum absolute atomic E-state index is 13.0. The normalized spacial score (nSPS) is 24.1. The molecule has 1 atom stereocenters. The molecule has 0 spiro atoms. The molecule has 0 radical (unpaired) electrons. The molecule has 0 bridgehead atoms. The van der Waals surface area contributed by atoms with Crippen molar-refractivity contribution in [1.82, 2.24) is 35.1 Å². The van der Waals surface area contributed by atoms with Gasteiger partial charge in [0.25, 0.3) is 0 Å². The van der Waals surface area contributed by atoms with Crippen LogP contribution in [0.25, 0.3) is 11.3 Å². The van der Waals surface area contributed by atoms with Crippen LogP contribution in [-0.2, 0) is 9.53 Å². The predicted molar refractivity (Wildman–Crippen MR) is 130 cm³/mol. The zero-order valence-electron chi connectivity index (χ0n) is 20.5. The number of hydrogen-bond acceptors (Lipinski definition) is 10. The van der Waals surface area contributed by atoms with E-state index in [0.29, 0.717) is 75.3 Å². The minimum atomic E-state index is -0.476. The van der Waals surface area contributed by atoms with Gasteiger partial charge in [0, 0.05) is 76.1 Å². The third kappa shape index (κ3) is 4.96. The number of nitrogens with two attached hydrogens (primary N) is 1. The summed E-state index contributed by atoms with van der Waals surface area (Å²) in [7, 11) is 1.78. The fourth-order valence-electron chi connectivity index (χ4n) is 4.52. The molecule has 1 aliphatic carbocycles. The molecule has 0 aromatic carbocycles. The fraction of sp³-hybridized carbons (Fsp3) is 0.565. The van der Waals surface area contributed by atoms with E-state index in [1.165, 1.54) is 0 Å². The van der Waals surface area contributed by atoms with Gasteiger partial charge in [0.05, 0.1) is 18.9 Å². The molecule has 4 heterocycles. The van der Waals surface area contributed by atoms with Crippen LogP contribution in [0.4, 0.5) is 16.7 Å². The maximum atomic E-state index is 13.0. The molecule has 2 saturated heterocycles. The summed E-state index contributed by atoms with van der Waals surface area (Å²) in [6.07, 6.45) is 4.51. The molecule has 13 nitrogen and oxygen atoms in total. The first kappa shape index (κ1) is 24.0. The van der Waals surface area contributed by atoms with Crippen molar-refractivity contribution >= 4 is 23.8 Å². The minimum Gasteiger partial charge on any atom is -0.474 e. The fourth-order valence-corrected chi connectivity index (χ4v) is 4.52. The summed E-state index contributed by atoms with van der Waals surface area (Å²) in [5.74, 6) is 1.08. The van der Waals surface area contributed by atoms with Gasteiger partial charge in [-0.2, -0.15) is 4.98 Å². The number of carbonyl (C=O) groups is 2. The number of ether oxygens (including phenoxy) is 2. The summed E-state index contributed by atoms with van der Waals surface area (Å²) in [5, 5.41) is 2.79. The molecule has 5 rings (SSSR count). The number of aromatic nitrogens is 4. The number of amides is 3. The summed E-state index contributed by atoms with van der Waals surface area (Å²) in [6.45, 7) is 5.32. The Bertz CT molecular complexity index is 1100. The second-order valence-corrected chi connectivity index (χ2v) is 9.24. The van der Waals surface area contributed by atoms with Crippen LogP contribution in [0.2, 0.25) is 0 Å². The lowest BCUT2D eigenvalue weighted by Crippen LogP contribution is -2.61. The summed E-state index contributed by atoms with van der Waals surface area (Å²) in [5.41, 5.74) is 6.99. The van der Waals surface area contributed by atoms with Crippen molar-refractivity contribution in [1.29, 1.82) is 0 Å². The second-order valence-electron chi connectivity index (χ2n) is 9.24. The van der Waals surface area contributed by atoms with Gasteiger partial charge in [-0.05, 0) is 6.92 Å². The lowest BCUT2D eigenvalue weighted by Gasteiger charge is -2.44. The quantitative estimate of drug-likeness (QED) is 0.583. The van der Waals surface area contributed by atoms with Crippen LogP contribution in [-0.4, -0.2) is 106 Å². The average Bonchev–Trinajstić information content (AvgIpc) is 2.87. The van der Waals surface area contributed by atoms with Crippen molar-refractivity contribution in [3.63, 3.8) is 0 Å². The molecule has 3 N–H and O–H groups in total. The van der Waals surface area contributed by atoms with Crippen molar-refractivity contribution in [3.05, 3.63) is 18.5 Å². The highest BCUT2D eigenvalue weighted by Crippen LogP contribution is 2.32. The van der Waals surface area contributed by atoms with Crippen molar-refractivity contribution in [3.8, 4) is 17.1 Å². The highest BCUT2D eigenvalue weighted by atomic mass is 16.5. The number of piperazine rings is 1. The first-order valence-corrected chi connectivity index (χ1v) is 12.2. The molecule has 36 heavy (non-hydrogen) atoms. The zero-order valence-corrected chi connectivity index (χ0v) is 20.5. The number of carbonyl (C=O) groups excluding carboxylic acids is 2. The van der Waals surface area contributed by atoms with E-state index in [1.54, 1.807) is 42.2 Å². The molecule has 2 aromatic rings. The number of nitrogens with one attached hydrogen (secondary N) is 1. The molecule has 192 valence electrons. The van der Waals surface area contributed by atoms with Crippen molar-refractivity contribution < 1.29 is 19.1 Å². The zero-order chi connectivity index (χ0) is 25.2. The van der Waals surface area contributed by atoms with E-state index >= 15 is 0 Å². The standard InChI is InChI=1S/C23H31N9O4/c1-14-20(33)25-3-4-32(14)23(34)30(2)16-9-17(10-16)36-19-11-18(15-12-26-21(24)27-13-15)28-22(29-19)31-5-7-35-8-6-31/h11-14,16-17H,3-10H2,1-2H3,(H,25,33)(H2,24,26,27)/t14-,16?,17?/m0/s1. The van der Waals surface area contributed by atoms with Gasteiger partial charge in [-0.15, -0.1) is 0 Å². The Morgan fingerprint density at radius 3 is 2.64 bits per heavy atom. The van der Waals surface area contributed by atoms with Crippen LogP contribution >= 0.6 is 0 Å². The smallest absolute Gasteiger partial charge is 0.320 e. The number of urea groups is 1. The Morgan fingerprint density at radius 1 is 1.19 bits per heavy atom. The lowest BCUT2D eigenvalue weighted by atomic mass is 9.88. The van der Waals surface area contributed by atoms with E-state index in [4.69, 9.17) is 20.2 Å². The Morgan fingerprint density at radius 2 is 1.92 bits per heavy atom. The summed E-state index contributed by atoms with van der Waals surface area (Å²) in [4.78, 5) is 47.8. The Labute approximate surface area is 209 Å². The molecule has 3 amide bonds. The van der Waals surface area contributed by atoms with E-state index in [-0.39, 0.29) is 30.0 Å². The van der Waals surface area contributed by atoms with Crippen LogP contribution in [0.1, 0.15) is 19.8 Å². The van der Waals surface area contributed by atoms with Crippen LogP contribution < -0.4 is 20.7 Å². The van der Waals surface area contributed by atoms with E-state index in [0.717, 1.165) is 0 Å². The Kier molecular flexibility index (Phi) is 6.72. The van der Waals surface area contributed by atoms with Gasteiger partial charge in [0.2, 0.25) is 23.7 Å². The number of nitrogen functional groups attached to an aromatic ring is 1. The topological polar surface area (TPSA) is 152 Å². The summed E-state index contributed by atoms with van der Waals surface area (Å²) < 4.78 is 11.7. The number of rotatable bonds is 5. The highest BCUT2D eigenvalue weighted by Gasteiger charge is 2.39. The van der Waals surface area contributed by atoms with E-state index < -0.39 is 6.04 Å². The predicted octanol–water partition coefficient (Wildman–Crippen LogP) is 0.134. The monoisotopic (exact) mass is 497 g/mol. The van der Waals surface area contributed by atoms with Gasteiger partial charge >= 0.3 is 6.03 Å². The molecule has 2 aromatic heterocycles. The van der Waals surface area contributed by atoms with Gasteiger partial charge in [0.15, 0.2) is 0 Å². The average molecular weight is 498 g/mol. The van der Waals surface area contributed by atoms with Gasteiger partial charge < -0.3 is 35.2 Å². The lowest BCUT2D eigenvalue weighted by molar-refractivity contribution is -0.127. The molecule has 1 saturated carbocycles. The molecule has 3 fully saturated rings. The number of anilines is 2. The number of morpholine rings is 1. The molecule has 3 aliphatic rings. The van der Waals surface area contributed by atoms with Gasteiger partial charge in [-0.3, -0.25) is 4.79 Å². The third-order valence-corrected chi connectivity index (χ3v) is 6.90. The molecule has 13 heteroatoms. The Hall–Kier alpha value is -3.74. The first-order valence-electron chi connectivity index (χ1n) is 12.2. The van der Waals surface area contributed by atoms with Gasteiger partial charge in [-0.1, -0.05) is 0 Å². The second kappa shape index (κ2) is 10.1. The first-order chi connectivity index (χ1) is 17.4. The molecule has 2 aliphatic heterocycles. The van der Waals surface area contributed by atoms with Crippen LogP contribution in [0.5, 0.6) is 5.88 Å². The van der Waals surface area contributed by atoms with Gasteiger partial charge in [-0.25, -0.2) is 19.7 Å². The van der Waals surface area contributed by atoms with E-state index in [9.17, 15) is 9.59 Å². The van der Waals surface area contributed by atoms with Crippen molar-refractivity contribution in [2.45, 2.75) is 38.0 Å². The highest BCUT2D eigenvalue weighted by molar-refractivity contribution is 5.88. The summed E-state index contributed by atoms with van der Waals surface area (Å²) in [6, 6.07) is 1.19. The van der Waals surface area contributed by atoms with E-state index in [2.05, 4.69) is 25.2 Å². The maximum Gasteiger partial charge on any atom is 0.320 e. The number of nitrogens with zero attached hydrogens (tertiary/aromatic N) is 7. The minimum absolute atomic E-state index is 0.0326. The third-order valence-electron chi connectivity index (χ3n) is 6.90. The number of hydrogen-bond donors (Lipinski definition) is 2. The molecule has 0 unspecified atom stereocenters. The molecular formula is C23H31N9O4. The van der Waals surface area contributed by atoms with Crippen molar-refractivity contribution in [2.24, 2.45) is 0 Å². The van der Waals surface area contributed by atoms with Gasteiger partial charge in [0.1, 0.15) is 12.1 Å². The summed E-state index contributed by atoms with van der Waals surface area (Å²) >= 11 is 0. The van der Waals surface area contributed by atoms with Crippen LogP contribution in [0.15, 0.2) is 18.5 Å².